The van der Waals surface area contributed by atoms with Gasteiger partial charge in [0.2, 0.25) is 0 Å². The van der Waals surface area contributed by atoms with Crippen molar-refractivity contribution >= 4 is 17.4 Å². The van der Waals surface area contributed by atoms with Crippen LogP contribution in [0.25, 0.3) is 0 Å². The maximum Gasteiger partial charge on any atom is 0.253 e. The second-order valence-electron chi connectivity index (χ2n) is 5.94. The van der Waals surface area contributed by atoms with Crippen LogP contribution in [0.3, 0.4) is 0 Å². The zero-order valence-corrected chi connectivity index (χ0v) is 15.5. The molecule has 0 aliphatic carbocycles. The number of amides is 1. The highest BCUT2D eigenvalue weighted by atomic mass is 19.1. The molecular weight excluding hydrogens is 361 g/mol. The summed E-state index contributed by atoms with van der Waals surface area (Å²) >= 11 is 0. The van der Waals surface area contributed by atoms with Crippen molar-refractivity contribution in [2.75, 3.05) is 19.5 Å². The van der Waals surface area contributed by atoms with Crippen LogP contribution in [0.4, 0.5) is 15.9 Å². The van der Waals surface area contributed by atoms with E-state index in [1.54, 1.807) is 44.6 Å². The van der Waals surface area contributed by atoms with Crippen LogP contribution in [0.1, 0.15) is 15.9 Å². The smallest absolute Gasteiger partial charge is 0.253 e. The lowest BCUT2D eigenvalue weighted by Crippen LogP contribution is -2.23. The van der Waals surface area contributed by atoms with Crippen molar-refractivity contribution in [2.24, 2.45) is 0 Å². The van der Waals surface area contributed by atoms with Gasteiger partial charge in [0.25, 0.3) is 5.91 Å². The fraction of sp³-hybridized carbons (Fsp3) is 0.143. The first-order chi connectivity index (χ1) is 13.6. The lowest BCUT2D eigenvalue weighted by atomic mass is 10.2. The molecule has 2 aromatic carbocycles. The fourth-order valence-electron chi connectivity index (χ4n) is 2.59. The SMILES string of the molecule is COc1ccc(CNC(=O)c2ccc(Nc3cccc(F)c3)nc2)cc1OC. The third-order valence-corrected chi connectivity index (χ3v) is 4.02. The summed E-state index contributed by atoms with van der Waals surface area (Å²) in [5.74, 6) is 1.16. The van der Waals surface area contributed by atoms with E-state index in [1.807, 2.05) is 12.1 Å². The highest BCUT2D eigenvalue weighted by Gasteiger charge is 2.09. The van der Waals surface area contributed by atoms with Crippen LogP contribution >= 0.6 is 0 Å². The van der Waals surface area contributed by atoms with E-state index in [9.17, 15) is 9.18 Å². The highest BCUT2D eigenvalue weighted by molar-refractivity contribution is 5.94. The van der Waals surface area contributed by atoms with Gasteiger partial charge < -0.3 is 20.1 Å². The summed E-state index contributed by atoms with van der Waals surface area (Å²) in [6, 6.07) is 14.8. The van der Waals surface area contributed by atoms with Crippen molar-refractivity contribution in [3.05, 3.63) is 77.7 Å². The summed E-state index contributed by atoms with van der Waals surface area (Å²) < 4.78 is 23.7. The number of rotatable bonds is 7. The number of benzene rings is 2. The molecule has 7 heteroatoms. The minimum absolute atomic E-state index is 0.250. The van der Waals surface area contributed by atoms with Gasteiger partial charge in [0.05, 0.1) is 19.8 Å². The molecule has 0 spiro atoms. The standard InChI is InChI=1S/C21H20FN3O3/c1-27-18-8-6-14(10-19(18)28-2)12-24-21(26)15-7-9-20(23-13-15)25-17-5-3-4-16(22)11-17/h3-11,13H,12H2,1-2H3,(H,23,25)(H,24,26). The lowest BCUT2D eigenvalue weighted by molar-refractivity contribution is 0.0950. The number of anilines is 2. The molecule has 0 saturated carbocycles. The quantitative estimate of drug-likeness (QED) is 0.649. The number of hydrogen-bond acceptors (Lipinski definition) is 5. The Morgan fingerprint density at radius 2 is 1.86 bits per heavy atom. The van der Waals surface area contributed by atoms with E-state index in [-0.39, 0.29) is 11.7 Å². The van der Waals surface area contributed by atoms with Gasteiger partial charge >= 0.3 is 0 Å². The number of halogens is 1. The summed E-state index contributed by atoms with van der Waals surface area (Å²) in [6.45, 7) is 0.336. The van der Waals surface area contributed by atoms with Gasteiger partial charge in [0, 0.05) is 18.4 Å². The number of methoxy groups -OCH3 is 2. The number of nitrogens with one attached hydrogen (secondary N) is 2. The van der Waals surface area contributed by atoms with E-state index in [0.717, 1.165) is 5.56 Å². The Balaban J connectivity index is 1.60. The molecule has 0 bridgehead atoms. The molecule has 3 rings (SSSR count). The molecule has 144 valence electrons. The molecule has 6 nitrogen and oxygen atoms in total. The van der Waals surface area contributed by atoms with Crippen LogP contribution < -0.4 is 20.1 Å². The van der Waals surface area contributed by atoms with Gasteiger partial charge in [0.1, 0.15) is 11.6 Å². The molecule has 1 aromatic heterocycles. The molecular formula is C21H20FN3O3. The maximum atomic E-state index is 13.2. The van der Waals surface area contributed by atoms with Crippen molar-refractivity contribution in [2.45, 2.75) is 6.54 Å². The molecule has 0 aliphatic heterocycles. The monoisotopic (exact) mass is 381 g/mol. The number of pyridine rings is 1. The summed E-state index contributed by atoms with van der Waals surface area (Å²) in [5.41, 5.74) is 1.88. The molecule has 1 heterocycles. The zero-order valence-electron chi connectivity index (χ0n) is 15.5. The molecule has 3 aromatic rings. The molecule has 0 radical (unpaired) electrons. The first-order valence-electron chi connectivity index (χ1n) is 8.57. The van der Waals surface area contributed by atoms with E-state index in [0.29, 0.717) is 35.1 Å². The largest absolute Gasteiger partial charge is 0.493 e. The average molecular weight is 381 g/mol. The van der Waals surface area contributed by atoms with E-state index >= 15 is 0 Å². The molecule has 0 saturated heterocycles. The zero-order chi connectivity index (χ0) is 19.9. The van der Waals surface area contributed by atoms with Crippen molar-refractivity contribution in [3.8, 4) is 11.5 Å². The topological polar surface area (TPSA) is 72.5 Å². The highest BCUT2D eigenvalue weighted by Crippen LogP contribution is 2.27. The summed E-state index contributed by atoms with van der Waals surface area (Å²) in [4.78, 5) is 16.5. The van der Waals surface area contributed by atoms with Gasteiger partial charge in [-0.2, -0.15) is 0 Å². The second-order valence-corrected chi connectivity index (χ2v) is 5.94. The predicted octanol–water partition coefficient (Wildman–Crippen LogP) is 3.91. The first-order valence-corrected chi connectivity index (χ1v) is 8.57. The van der Waals surface area contributed by atoms with Gasteiger partial charge in [-0.3, -0.25) is 4.79 Å². The number of hydrogen-bond donors (Lipinski definition) is 2. The van der Waals surface area contributed by atoms with E-state index in [1.165, 1.54) is 18.3 Å². The van der Waals surface area contributed by atoms with Crippen LogP contribution in [0.5, 0.6) is 11.5 Å². The summed E-state index contributed by atoms with van der Waals surface area (Å²) in [7, 11) is 3.13. The van der Waals surface area contributed by atoms with Crippen LogP contribution in [-0.2, 0) is 6.54 Å². The normalized spacial score (nSPS) is 10.2. The maximum absolute atomic E-state index is 13.2. The third-order valence-electron chi connectivity index (χ3n) is 4.02. The summed E-state index contributed by atoms with van der Waals surface area (Å²) in [5, 5.41) is 5.82. The minimum Gasteiger partial charge on any atom is -0.493 e. The molecule has 0 aliphatic rings. The van der Waals surface area contributed by atoms with Crippen LogP contribution in [0, 0.1) is 5.82 Å². The van der Waals surface area contributed by atoms with Crippen molar-refractivity contribution in [1.29, 1.82) is 0 Å². The Kier molecular flexibility index (Phi) is 6.06. The summed E-state index contributed by atoms with van der Waals surface area (Å²) in [6.07, 6.45) is 1.46. The molecule has 0 atom stereocenters. The van der Waals surface area contributed by atoms with Crippen molar-refractivity contribution in [3.63, 3.8) is 0 Å². The van der Waals surface area contributed by atoms with E-state index in [2.05, 4.69) is 15.6 Å². The number of ether oxygens (including phenoxy) is 2. The predicted molar refractivity (Wildman–Crippen MR) is 105 cm³/mol. The molecule has 1 amide bonds. The van der Waals surface area contributed by atoms with Crippen LogP contribution in [0.2, 0.25) is 0 Å². The third kappa shape index (κ3) is 4.76. The number of aromatic nitrogens is 1. The van der Waals surface area contributed by atoms with Crippen molar-refractivity contribution in [1.82, 2.24) is 10.3 Å². The lowest BCUT2D eigenvalue weighted by Gasteiger charge is -2.10. The van der Waals surface area contributed by atoms with E-state index < -0.39 is 0 Å². The second kappa shape index (κ2) is 8.85. The first kappa shape index (κ1) is 19.2. The Labute approximate surface area is 162 Å². The van der Waals surface area contributed by atoms with Gasteiger partial charge in [-0.05, 0) is 48.0 Å². The fourth-order valence-corrected chi connectivity index (χ4v) is 2.59. The van der Waals surface area contributed by atoms with E-state index in [4.69, 9.17) is 9.47 Å². The van der Waals surface area contributed by atoms with Gasteiger partial charge in [-0.15, -0.1) is 0 Å². The van der Waals surface area contributed by atoms with Crippen molar-refractivity contribution < 1.29 is 18.7 Å². The molecule has 28 heavy (non-hydrogen) atoms. The Morgan fingerprint density at radius 1 is 1.04 bits per heavy atom. The van der Waals surface area contributed by atoms with Gasteiger partial charge in [0.15, 0.2) is 11.5 Å². The molecule has 0 fully saturated rings. The minimum atomic E-state index is -0.337. The average Bonchev–Trinajstić information content (AvgIpc) is 2.72. The number of carbonyl (C=O) groups is 1. The molecule has 2 N–H and O–H groups in total. The number of nitrogens with zero attached hydrogens (tertiary/aromatic N) is 1. The van der Waals surface area contributed by atoms with Gasteiger partial charge in [-0.25, -0.2) is 9.37 Å². The van der Waals surface area contributed by atoms with Crippen LogP contribution in [0.15, 0.2) is 60.8 Å². The Hall–Kier alpha value is -3.61. The molecule has 0 unspecified atom stereocenters. The van der Waals surface area contributed by atoms with Crippen LogP contribution in [-0.4, -0.2) is 25.1 Å². The number of carbonyl (C=O) groups excluding carboxylic acids is 1. The Bertz CT molecular complexity index is 961. The van der Waals surface area contributed by atoms with Gasteiger partial charge in [-0.1, -0.05) is 12.1 Å². The Morgan fingerprint density at radius 3 is 2.54 bits per heavy atom.